The molecule has 0 N–H and O–H groups in total. The van der Waals surface area contributed by atoms with Crippen molar-refractivity contribution >= 4 is 11.7 Å². The Bertz CT molecular complexity index is 1210. The Labute approximate surface area is 187 Å². The van der Waals surface area contributed by atoms with Gasteiger partial charge in [-0.05, 0) is 30.7 Å². The lowest BCUT2D eigenvalue weighted by atomic mass is 10.2. The number of piperazine rings is 1. The predicted molar refractivity (Wildman–Crippen MR) is 102 cm³/mol. The number of anilines is 1. The van der Waals surface area contributed by atoms with E-state index < -0.39 is 29.7 Å². The van der Waals surface area contributed by atoms with Crippen LogP contribution in [0.1, 0.15) is 28.4 Å². The molecule has 2 unspecified atom stereocenters. The number of alkyl halides is 6. The molecular weight excluding hydrogens is 470 g/mol. The first-order valence-corrected chi connectivity index (χ1v) is 9.99. The zero-order chi connectivity index (χ0) is 24.3. The average Bonchev–Trinajstić information content (AvgIpc) is 3.53. The molecule has 2 aliphatic heterocycles. The molecule has 3 aromatic rings. The summed E-state index contributed by atoms with van der Waals surface area (Å²) in [5, 5.41) is 3.32. The molecule has 0 saturated carbocycles. The third-order valence-electron chi connectivity index (χ3n) is 5.78. The number of hydrogen-bond donors (Lipinski definition) is 0. The van der Waals surface area contributed by atoms with Crippen LogP contribution in [-0.2, 0) is 12.4 Å². The smallest absolute Gasteiger partial charge is 0.350 e. The maximum atomic E-state index is 12.8. The van der Waals surface area contributed by atoms with Gasteiger partial charge < -0.3 is 14.3 Å². The van der Waals surface area contributed by atoms with E-state index in [4.69, 9.17) is 0 Å². The molecule has 0 radical (unpaired) electrons. The molecule has 5 rings (SSSR count). The zero-order valence-corrected chi connectivity index (χ0v) is 17.0. The quantitative estimate of drug-likeness (QED) is 0.525. The summed E-state index contributed by atoms with van der Waals surface area (Å²) in [5.74, 6) is -1.57. The lowest BCUT2D eigenvalue weighted by Gasteiger charge is -2.34. The molecule has 2 fully saturated rings. The lowest BCUT2D eigenvalue weighted by Crippen LogP contribution is -2.49. The van der Waals surface area contributed by atoms with Crippen LogP contribution >= 0.6 is 0 Å². The second-order valence-electron chi connectivity index (χ2n) is 7.91. The molecule has 0 aliphatic carbocycles. The summed E-state index contributed by atoms with van der Waals surface area (Å²) in [6.45, 7) is 0.791. The van der Waals surface area contributed by atoms with Crippen molar-refractivity contribution in [1.82, 2.24) is 25.0 Å². The van der Waals surface area contributed by atoms with Gasteiger partial charge >= 0.3 is 18.2 Å². The van der Waals surface area contributed by atoms with Gasteiger partial charge in [0, 0.05) is 31.0 Å². The van der Waals surface area contributed by atoms with Crippen molar-refractivity contribution in [1.29, 1.82) is 0 Å². The van der Waals surface area contributed by atoms with Crippen LogP contribution in [-0.4, -0.2) is 56.1 Å². The first-order chi connectivity index (χ1) is 16.0. The fraction of sp³-hybridized carbons (Fsp3) is 0.350. The van der Waals surface area contributed by atoms with Crippen molar-refractivity contribution in [2.75, 3.05) is 18.0 Å². The molecule has 5 heterocycles. The normalized spacial score (nSPS) is 20.3. The number of rotatable bonds is 3. The molecule has 2 bridgehead atoms. The van der Waals surface area contributed by atoms with Crippen molar-refractivity contribution in [3.05, 3.63) is 53.8 Å². The largest absolute Gasteiger partial charge is 0.471 e. The summed E-state index contributed by atoms with van der Waals surface area (Å²) >= 11 is 0. The number of amides is 1. The Kier molecular flexibility index (Phi) is 4.98. The van der Waals surface area contributed by atoms with Crippen LogP contribution in [0.5, 0.6) is 0 Å². The highest BCUT2D eigenvalue weighted by atomic mass is 19.4. The SMILES string of the molecule is O=C(c1ccc(C(F)(F)F)cn1)N1CC2CC1CN2c1ccc(-c2noc(C(F)(F)F)n2)cn1. The standard InChI is InChI=1S/C20H14F6N6O2/c21-19(22,23)11-2-3-14(27-7-11)17(33)32-9-12-5-13(32)8-31(12)15-4-1-10(6-28-15)16-29-18(34-30-16)20(24,25)26/h1-4,6-7,12-13H,5,8-9H2. The molecule has 2 aliphatic rings. The molecule has 0 aromatic carbocycles. The van der Waals surface area contributed by atoms with E-state index in [-0.39, 0.29) is 29.2 Å². The van der Waals surface area contributed by atoms with Crippen molar-refractivity contribution in [2.45, 2.75) is 30.9 Å². The maximum absolute atomic E-state index is 12.8. The Hall–Kier alpha value is -3.71. The van der Waals surface area contributed by atoms with Crippen LogP contribution in [0.3, 0.4) is 0 Å². The van der Waals surface area contributed by atoms with Gasteiger partial charge in [0.2, 0.25) is 5.82 Å². The molecule has 0 spiro atoms. The van der Waals surface area contributed by atoms with Crippen LogP contribution in [0.4, 0.5) is 32.2 Å². The predicted octanol–water partition coefficient (Wildman–Crippen LogP) is 3.67. The van der Waals surface area contributed by atoms with Crippen LogP contribution in [0, 0.1) is 0 Å². The summed E-state index contributed by atoms with van der Waals surface area (Å²) in [4.78, 5) is 27.6. The van der Waals surface area contributed by atoms with Gasteiger partial charge in [-0.25, -0.2) is 4.98 Å². The highest BCUT2D eigenvalue weighted by Gasteiger charge is 2.46. The number of fused-ring (bicyclic) bond motifs is 2. The lowest BCUT2D eigenvalue weighted by molar-refractivity contribution is -0.159. The van der Waals surface area contributed by atoms with Gasteiger partial charge in [0.05, 0.1) is 17.6 Å². The van der Waals surface area contributed by atoms with Gasteiger partial charge in [-0.15, -0.1) is 0 Å². The van der Waals surface area contributed by atoms with Gasteiger partial charge in [-0.2, -0.15) is 31.3 Å². The van der Waals surface area contributed by atoms with Crippen LogP contribution in [0.25, 0.3) is 11.4 Å². The first kappa shape index (κ1) is 22.1. The monoisotopic (exact) mass is 484 g/mol. The number of hydrogen-bond acceptors (Lipinski definition) is 7. The van der Waals surface area contributed by atoms with Crippen molar-refractivity contribution < 1.29 is 35.7 Å². The summed E-state index contributed by atoms with van der Waals surface area (Å²) in [5.41, 5.74) is -0.742. The molecule has 2 saturated heterocycles. The van der Waals surface area contributed by atoms with Gasteiger partial charge in [0.25, 0.3) is 5.91 Å². The van der Waals surface area contributed by atoms with E-state index in [9.17, 15) is 31.1 Å². The van der Waals surface area contributed by atoms with Crippen LogP contribution < -0.4 is 4.90 Å². The van der Waals surface area contributed by atoms with Crippen molar-refractivity contribution in [3.8, 4) is 11.4 Å². The third-order valence-corrected chi connectivity index (χ3v) is 5.78. The number of nitrogens with zero attached hydrogens (tertiary/aromatic N) is 6. The first-order valence-electron chi connectivity index (χ1n) is 9.99. The summed E-state index contributed by atoms with van der Waals surface area (Å²) in [6.07, 6.45) is -6.65. The van der Waals surface area contributed by atoms with Crippen molar-refractivity contribution in [2.24, 2.45) is 0 Å². The fourth-order valence-corrected chi connectivity index (χ4v) is 4.18. The Morgan fingerprint density at radius 2 is 1.74 bits per heavy atom. The molecule has 178 valence electrons. The van der Waals surface area contributed by atoms with Gasteiger partial charge in [-0.3, -0.25) is 9.78 Å². The van der Waals surface area contributed by atoms with Crippen LogP contribution in [0.2, 0.25) is 0 Å². The summed E-state index contributed by atoms with van der Waals surface area (Å²) in [6, 6.07) is 4.79. The highest BCUT2D eigenvalue weighted by molar-refractivity contribution is 5.93. The van der Waals surface area contributed by atoms with Gasteiger partial charge in [0.15, 0.2) is 0 Å². The van der Waals surface area contributed by atoms with E-state index in [1.807, 2.05) is 4.90 Å². The molecular formula is C20H14F6N6O2. The minimum Gasteiger partial charge on any atom is -0.350 e. The van der Waals surface area contributed by atoms with E-state index in [1.54, 1.807) is 11.0 Å². The van der Waals surface area contributed by atoms with E-state index in [2.05, 4.69) is 24.6 Å². The summed E-state index contributed by atoms with van der Waals surface area (Å²) < 4.78 is 80.3. The topological polar surface area (TPSA) is 88.3 Å². The number of carbonyl (C=O) groups excluding carboxylic acids is 1. The molecule has 14 heteroatoms. The maximum Gasteiger partial charge on any atom is 0.471 e. The highest BCUT2D eigenvalue weighted by Crippen LogP contribution is 2.36. The van der Waals surface area contributed by atoms with Crippen LogP contribution in [0.15, 0.2) is 41.2 Å². The summed E-state index contributed by atoms with van der Waals surface area (Å²) in [7, 11) is 0. The molecule has 1 amide bonds. The number of aromatic nitrogens is 4. The third kappa shape index (κ3) is 3.92. The minimum absolute atomic E-state index is 0.0621. The number of likely N-dealkylation sites (tertiary alicyclic amines) is 1. The van der Waals surface area contributed by atoms with E-state index in [1.165, 1.54) is 12.3 Å². The van der Waals surface area contributed by atoms with Gasteiger partial charge in [-0.1, -0.05) is 5.16 Å². The Balaban J connectivity index is 1.25. The average molecular weight is 484 g/mol. The number of pyridine rings is 2. The second-order valence-corrected chi connectivity index (χ2v) is 7.91. The van der Waals surface area contributed by atoms with Crippen molar-refractivity contribution in [3.63, 3.8) is 0 Å². The molecule has 34 heavy (non-hydrogen) atoms. The fourth-order valence-electron chi connectivity index (χ4n) is 4.18. The molecule has 8 nitrogen and oxygen atoms in total. The van der Waals surface area contributed by atoms with Gasteiger partial charge in [0.1, 0.15) is 11.5 Å². The minimum atomic E-state index is -4.74. The Morgan fingerprint density at radius 3 is 2.26 bits per heavy atom. The Morgan fingerprint density at radius 1 is 0.941 bits per heavy atom. The van der Waals surface area contributed by atoms with E-state index >= 15 is 0 Å². The zero-order valence-electron chi connectivity index (χ0n) is 17.0. The molecule has 2 atom stereocenters. The van der Waals surface area contributed by atoms with E-state index in [0.29, 0.717) is 31.5 Å². The number of carbonyl (C=O) groups is 1. The number of halogens is 6. The molecule has 3 aromatic heterocycles. The second kappa shape index (κ2) is 7.67. The van der Waals surface area contributed by atoms with E-state index in [0.717, 1.165) is 12.1 Å².